The van der Waals surface area contributed by atoms with Crippen molar-refractivity contribution in [2.45, 2.75) is 25.9 Å². The Morgan fingerprint density at radius 1 is 1.23 bits per heavy atom. The first-order valence-corrected chi connectivity index (χ1v) is 7.19. The fraction of sp³-hybridized carbons (Fsp3) is 0.438. The van der Waals surface area contributed by atoms with E-state index >= 15 is 0 Å². The average molecular weight is 304 g/mol. The van der Waals surface area contributed by atoms with Gasteiger partial charge in [0, 0.05) is 26.6 Å². The molecule has 22 heavy (non-hydrogen) atoms. The summed E-state index contributed by atoms with van der Waals surface area (Å²) in [5.74, 6) is -0.913. The van der Waals surface area contributed by atoms with Crippen molar-refractivity contribution in [3.8, 4) is 0 Å². The molecule has 0 spiro atoms. The van der Waals surface area contributed by atoms with Gasteiger partial charge in [-0.3, -0.25) is 14.4 Å². The molecule has 0 unspecified atom stereocenters. The van der Waals surface area contributed by atoms with E-state index < -0.39 is 12.0 Å². The van der Waals surface area contributed by atoms with E-state index in [0.29, 0.717) is 19.6 Å². The normalized spacial score (nSPS) is 18.3. The zero-order valence-corrected chi connectivity index (χ0v) is 12.8. The summed E-state index contributed by atoms with van der Waals surface area (Å²) in [7, 11) is 1.27. The summed E-state index contributed by atoms with van der Waals surface area (Å²) < 4.78 is 4.64. The van der Waals surface area contributed by atoms with Crippen LogP contribution < -0.4 is 0 Å². The number of rotatable bonds is 4. The first kappa shape index (κ1) is 16.0. The summed E-state index contributed by atoms with van der Waals surface area (Å²) in [6.07, 6.45) is -0.111. The van der Waals surface area contributed by atoms with Gasteiger partial charge in [0.15, 0.2) is 0 Å². The van der Waals surface area contributed by atoms with E-state index in [1.165, 1.54) is 18.9 Å². The number of esters is 1. The minimum atomic E-state index is -0.776. The molecule has 0 N–H and O–H groups in total. The lowest BCUT2D eigenvalue weighted by Gasteiger charge is -2.39. The fourth-order valence-corrected chi connectivity index (χ4v) is 2.61. The lowest BCUT2D eigenvalue weighted by atomic mass is 10.1. The molecule has 6 nitrogen and oxygen atoms in total. The summed E-state index contributed by atoms with van der Waals surface area (Å²) in [5, 5.41) is 0. The Morgan fingerprint density at radius 2 is 1.91 bits per heavy atom. The predicted octanol–water partition coefficient (Wildman–Crippen LogP) is 0.809. The van der Waals surface area contributed by atoms with Crippen LogP contribution in [0.5, 0.6) is 0 Å². The van der Waals surface area contributed by atoms with Crippen molar-refractivity contribution in [3.63, 3.8) is 0 Å². The molecule has 118 valence electrons. The number of ether oxygens (including phenoxy) is 1. The van der Waals surface area contributed by atoms with Gasteiger partial charge >= 0.3 is 5.97 Å². The third kappa shape index (κ3) is 3.63. The second kappa shape index (κ2) is 7.06. The Kier molecular flexibility index (Phi) is 5.14. The van der Waals surface area contributed by atoms with Gasteiger partial charge in [-0.2, -0.15) is 0 Å². The second-order valence-corrected chi connectivity index (χ2v) is 5.25. The highest BCUT2D eigenvalue weighted by atomic mass is 16.5. The van der Waals surface area contributed by atoms with E-state index in [-0.39, 0.29) is 18.2 Å². The van der Waals surface area contributed by atoms with Gasteiger partial charge in [0.25, 0.3) is 0 Å². The van der Waals surface area contributed by atoms with E-state index in [2.05, 4.69) is 4.74 Å². The molecule has 1 aromatic rings. The highest BCUT2D eigenvalue weighted by Crippen LogP contribution is 2.18. The Hall–Kier alpha value is -2.37. The highest BCUT2D eigenvalue weighted by molar-refractivity contribution is 5.91. The molecule has 1 atom stereocenters. The van der Waals surface area contributed by atoms with E-state index in [9.17, 15) is 14.4 Å². The summed E-state index contributed by atoms with van der Waals surface area (Å²) in [6.45, 7) is 2.77. The van der Waals surface area contributed by atoms with Crippen molar-refractivity contribution >= 4 is 17.8 Å². The lowest BCUT2D eigenvalue weighted by molar-refractivity contribution is -0.156. The van der Waals surface area contributed by atoms with E-state index in [0.717, 1.165) is 5.56 Å². The molecular formula is C16H20N2O4. The molecular weight excluding hydrogens is 284 g/mol. The molecule has 1 fully saturated rings. The molecule has 0 aromatic heterocycles. The van der Waals surface area contributed by atoms with Gasteiger partial charge in [-0.25, -0.2) is 0 Å². The number of methoxy groups -OCH3 is 1. The minimum absolute atomic E-state index is 0.111. The molecule has 2 amide bonds. The number of nitrogens with zero attached hydrogens (tertiary/aromatic N) is 2. The number of piperazine rings is 1. The summed E-state index contributed by atoms with van der Waals surface area (Å²) >= 11 is 0. The van der Waals surface area contributed by atoms with Crippen LogP contribution in [0.2, 0.25) is 0 Å². The molecule has 1 saturated heterocycles. The fourth-order valence-electron chi connectivity index (χ4n) is 2.61. The van der Waals surface area contributed by atoms with Crippen molar-refractivity contribution in [2.24, 2.45) is 0 Å². The lowest BCUT2D eigenvalue weighted by Crippen LogP contribution is -2.58. The van der Waals surface area contributed by atoms with Crippen LogP contribution in [0.25, 0.3) is 0 Å². The van der Waals surface area contributed by atoms with E-state index in [1.54, 1.807) is 4.90 Å². The van der Waals surface area contributed by atoms with Crippen molar-refractivity contribution < 1.29 is 19.1 Å². The van der Waals surface area contributed by atoms with Gasteiger partial charge in [0.1, 0.15) is 6.04 Å². The number of carbonyl (C=O) groups excluding carboxylic acids is 3. The van der Waals surface area contributed by atoms with Crippen molar-refractivity contribution in [2.75, 3.05) is 20.2 Å². The molecule has 1 aromatic carbocycles. The largest absolute Gasteiger partial charge is 0.469 e. The van der Waals surface area contributed by atoms with Gasteiger partial charge in [-0.15, -0.1) is 0 Å². The first-order chi connectivity index (χ1) is 10.5. The van der Waals surface area contributed by atoms with E-state index in [1.807, 2.05) is 30.3 Å². The van der Waals surface area contributed by atoms with Crippen LogP contribution in [-0.2, 0) is 25.7 Å². The van der Waals surface area contributed by atoms with Crippen molar-refractivity contribution in [1.82, 2.24) is 9.80 Å². The molecule has 1 aliphatic heterocycles. The van der Waals surface area contributed by atoms with Gasteiger partial charge in [-0.1, -0.05) is 30.3 Å². The summed E-state index contributed by atoms with van der Waals surface area (Å²) in [4.78, 5) is 39.0. The van der Waals surface area contributed by atoms with Crippen molar-refractivity contribution in [3.05, 3.63) is 35.9 Å². The van der Waals surface area contributed by atoms with Gasteiger partial charge in [-0.05, 0) is 5.56 Å². The third-order valence-electron chi connectivity index (χ3n) is 3.79. The van der Waals surface area contributed by atoms with E-state index in [4.69, 9.17) is 0 Å². The number of hydrogen-bond donors (Lipinski definition) is 0. The van der Waals surface area contributed by atoms with Crippen molar-refractivity contribution in [1.29, 1.82) is 0 Å². The van der Waals surface area contributed by atoms with Crippen LogP contribution >= 0.6 is 0 Å². The highest BCUT2D eigenvalue weighted by Gasteiger charge is 2.37. The topological polar surface area (TPSA) is 66.9 Å². The molecule has 0 aliphatic carbocycles. The molecule has 0 saturated carbocycles. The summed E-state index contributed by atoms with van der Waals surface area (Å²) in [6, 6.07) is 8.86. The molecule has 0 radical (unpaired) electrons. The van der Waals surface area contributed by atoms with Crippen LogP contribution in [0.3, 0.4) is 0 Å². The minimum Gasteiger partial charge on any atom is -0.469 e. The third-order valence-corrected chi connectivity index (χ3v) is 3.79. The molecule has 2 rings (SSSR count). The monoisotopic (exact) mass is 304 g/mol. The smallest absolute Gasteiger partial charge is 0.308 e. The molecule has 6 heteroatoms. The zero-order chi connectivity index (χ0) is 16.1. The van der Waals surface area contributed by atoms with Crippen LogP contribution in [0.1, 0.15) is 18.9 Å². The van der Waals surface area contributed by atoms with Gasteiger partial charge < -0.3 is 14.5 Å². The van der Waals surface area contributed by atoms with Gasteiger partial charge in [0.05, 0.1) is 13.5 Å². The Balaban J connectivity index is 2.13. The Morgan fingerprint density at radius 3 is 2.50 bits per heavy atom. The maximum atomic E-state index is 12.6. The maximum absolute atomic E-state index is 12.6. The maximum Gasteiger partial charge on any atom is 0.308 e. The molecule has 1 aliphatic rings. The van der Waals surface area contributed by atoms with Crippen LogP contribution in [-0.4, -0.2) is 53.8 Å². The standard InChI is InChI=1S/C16H20N2O4/c1-12(19)18-9-8-17(11-13-6-4-3-5-7-13)16(21)14(18)10-15(20)22-2/h3-7,14H,8-11H2,1-2H3/t14-/m0/s1. The predicted molar refractivity (Wildman–Crippen MR) is 79.7 cm³/mol. The number of benzene rings is 1. The Labute approximate surface area is 129 Å². The van der Waals surface area contributed by atoms with Crippen LogP contribution in [0.15, 0.2) is 30.3 Å². The zero-order valence-electron chi connectivity index (χ0n) is 12.8. The second-order valence-electron chi connectivity index (χ2n) is 5.25. The number of carbonyl (C=O) groups is 3. The quantitative estimate of drug-likeness (QED) is 0.772. The molecule has 0 bridgehead atoms. The Bertz CT molecular complexity index is 559. The van der Waals surface area contributed by atoms with Crippen LogP contribution in [0, 0.1) is 0 Å². The molecule has 1 heterocycles. The van der Waals surface area contributed by atoms with Crippen LogP contribution in [0.4, 0.5) is 0 Å². The number of hydrogen-bond acceptors (Lipinski definition) is 4. The summed E-state index contributed by atoms with van der Waals surface area (Å²) in [5.41, 5.74) is 1.02. The number of amides is 2. The first-order valence-electron chi connectivity index (χ1n) is 7.19. The van der Waals surface area contributed by atoms with Gasteiger partial charge in [0.2, 0.25) is 11.8 Å². The average Bonchev–Trinajstić information content (AvgIpc) is 2.51. The SMILES string of the molecule is COC(=O)C[C@H]1C(=O)N(Cc2ccccc2)CCN1C(C)=O.